The lowest BCUT2D eigenvalue weighted by Crippen LogP contribution is -2.37. The van der Waals surface area contributed by atoms with Crippen LogP contribution in [0.25, 0.3) is 0 Å². The highest BCUT2D eigenvalue weighted by Gasteiger charge is 2.13. The third-order valence-electron chi connectivity index (χ3n) is 3.35. The molecule has 1 aliphatic heterocycles. The molecule has 1 N–H and O–H groups in total. The van der Waals surface area contributed by atoms with E-state index >= 15 is 0 Å². The maximum atomic E-state index is 4.21. The van der Waals surface area contributed by atoms with E-state index in [1.165, 1.54) is 38.0 Å². The third kappa shape index (κ3) is 4.10. The molecule has 1 aromatic rings. The van der Waals surface area contributed by atoms with Gasteiger partial charge >= 0.3 is 0 Å². The second-order valence-electron chi connectivity index (χ2n) is 5.10. The standard InChI is InChI=1S/C14H23N3/c1-12-9-14(5-6-15-12)10-16-13(2)11-17-7-3-4-8-17/h5-6,9,13,16H,3-4,7-8,10-11H2,1-2H3. The topological polar surface area (TPSA) is 28.2 Å². The maximum absolute atomic E-state index is 4.21. The van der Waals surface area contributed by atoms with Crippen molar-refractivity contribution in [2.45, 2.75) is 39.3 Å². The number of nitrogens with one attached hydrogen (secondary N) is 1. The van der Waals surface area contributed by atoms with E-state index in [2.05, 4.69) is 34.3 Å². The molecule has 17 heavy (non-hydrogen) atoms. The molecule has 0 bridgehead atoms. The zero-order valence-electron chi connectivity index (χ0n) is 10.9. The van der Waals surface area contributed by atoms with Crippen LogP contribution in [0.5, 0.6) is 0 Å². The summed E-state index contributed by atoms with van der Waals surface area (Å²) in [5.74, 6) is 0. The Balaban J connectivity index is 1.73. The van der Waals surface area contributed by atoms with E-state index < -0.39 is 0 Å². The van der Waals surface area contributed by atoms with E-state index in [4.69, 9.17) is 0 Å². The van der Waals surface area contributed by atoms with Gasteiger partial charge in [-0.15, -0.1) is 0 Å². The first-order valence-corrected chi connectivity index (χ1v) is 6.61. The van der Waals surface area contributed by atoms with E-state index in [9.17, 15) is 0 Å². The Bertz CT molecular complexity index is 345. The van der Waals surface area contributed by atoms with Crippen molar-refractivity contribution in [3.05, 3.63) is 29.6 Å². The predicted octanol–water partition coefficient (Wildman–Crippen LogP) is 1.96. The van der Waals surface area contributed by atoms with E-state index in [1.807, 2.05) is 13.1 Å². The van der Waals surface area contributed by atoms with Gasteiger partial charge in [0.1, 0.15) is 0 Å². The van der Waals surface area contributed by atoms with Crippen molar-refractivity contribution in [2.24, 2.45) is 0 Å². The first-order chi connectivity index (χ1) is 8.24. The van der Waals surface area contributed by atoms with Crippen molar-refractivity contribution >= 4 is 0 Å². The Morgan fingerprint density at radius 2 is 2.18 bits per heavy atom. The van der Waals surface area contributed by atoms with Crippen molar-refractivity contribution in [1.82, 2.24) is 15.2 Å². The summed E-state index contributed by atoms with van der Waals surface area (Å²) in [7, 11) is 0. The third-order valence-corrected chi connectivity index (χ3v) is 3.35. The number of pyridine rings is 1. The summed E-state index contributed by atoms with van der Waals surface area (Å²) < 4.78 is 0. The summed E-state index contributed by atoms with van der Waals surface area (Å²) in [6.45, 7) is 8.98. The smallest absolute Gasteiger partial charge is 0.0375 e. The van der Waals surface area contributed by atoms with Gasteiger partial charge in [-0.2, -0.15) is 0 Å². The molecule has 0 saturated carbocycles. The number of rotatable bonds is 5. The van der Waals surface area contributed by atoms with Gasteiger partial charge in [-0.05, 0) is 57.5 Å². The lowest BCUT2D eigenvalue weighted by molar-refractivity contribution is 0.298. The summed E-state index contributed by atoms with van der Waals surface area (Å²) in [5.41, 5.74) is 2.42. The Hall–Kier alpha value is -0.930. The molecule has 1 aliphatic rings. The fourth-order valence-corrected chi connectivity index (χ4v) is 2.42. The van der Waals surface area contributed by atoms with Gasteiger partial charge in [0.25, 0.3) is 0 Å². The van der Waals surface area contributed by atoms with Gasteiger partial charge < -0.3 is 10.2 Å². The van der Waals surface area contributed by atoms with Crippen molar-refractivity contribution in [3.63, 3.8) is 0 Å². The summed E-state index contributed by atoms with van der Waals surface area (Å²) in [6, 6.07) is 4.79. The fraction of sp³-hybridized carbons (Fsp3) is 0.643. The number of aromatic nitrogens is 1. The summed E-state index contributed by atoms with van der Waals surface area (Å²) >= 11 is 0. The number of nitrogens with zero attached hydrogens (tertiary/aromatic N) is 2. The molecule has 3 nitrogen and oxygen atoms in total. The number of likely N-dealkylation sites (tertiary alicyclic amines) is 1. The van der Waals surface area contributed by atoms with Crippen LogP contribution in [0.15, 0.2) is 18.3 Å². The molecule has 1 unspecified atom stereocenters. The molecule has 0 amide bonds. The fourth-order valence-electron chi connectivity index (χ4n) is 2.42. The van der Waals surface area contributed by atoms with E-state index in [1.54, 1.807) is 0 Å². The van der Waals surface area contributed by atoms with Crippen LogP contribution in [0.3, 0.4) is 0 Å². The lowest BCUT2D eigenvalue weighted by atomic mass is 10.2. The van der Waals surface area contributed by atoms with Crippen LogP contribution in [0.4, 0.5) is 0 Å². The van der Waals surface area contributed by atoms with Gasteiger partial charge in [0.15, 0.2) is 0 Å². The molecule has 2 rings (SSSR count). The molecule has 2 heterocycles. The molecule has 1 fully saturated rings. The summed E-state index contributed by atoms with van der Waals surface area (Å²) in [6.07, 6.45) is 4.63. The number of hydrogen-bond donors (Lipinski definition) is 1. The Kier molecular flexibility index (Phi) is 4.51. The molecule has 1 saturated heterocycles. The summed E-state index contributed by atoms with van der Waals surface area (Å²) in [4.78, 5) is 6.77. The van der Waals surface area contributed by atoms with Gasteiger partial charge in [0.05, 0.1) is 0 Å². The highest BCUT2D eigenvalue weighted by Crippen LogP contribution is 2.08. The van der Waals surface area contributed by atoms with Crippen LogP contribution >= 0.6 is 0 Å². The largest absolute Gasteiger partial charge is 0.309 e. The summed E-state index contributed by atoms with van der Waals surface area (Å²) in [5, 5.41) is 3.58. The normalized spacial score (nSPS) is 18.5. The highest BCUT2D eigenvalue weighted by atomic mass is 15.2. The van der Waals surface area contributed by atoms with E-state index in [0.717, 1.165) is 12.2 Å². The Labute approximate surface area is 104 Å². The van der Waals surface area contributed by atoms with Gasteiger partial charge in [0.2, 0.25) is 0 Å². The van der Waals surface area contributed by atoms with Crippen LogP contribution in [0, 0.1) is 6.92 Å². The lowest BCUT2D eigenvalue weighted by Gasteiger charge is -2.21. The van der Waals surface area contributed by atoms with Crippen molar-refractivity contribution < 1.29 is 0 Å². The molecular weight excluding hydrogens is 210 g/mol. The van der Waals surface area contributed by atoms with Gasteiger partial charge in [0, 0.05) is 31.0 Å². The Morgan fingerprint density at radius 3 is 2.88 bits per heavy atom. The minimum absolute atomic E-state index is 0.557. The van der Waals surface area contributed by atoms with Crippen molar-refractivity contribution in [1.29, 1.82) is 0 Å². The zero-order chi connectivity index (χ0) is 12.1. The van der Waals surface area contributed by atoms with Gasteiger partial charge in [-0.1, -0.05) is 0 Å². The molecule has 0 aliphatic carbocycles. The quantitative estimate of drug-likeness (QED) is 0.842. The molecule has 0 radical (unpaired) electrons. The molecule has 1 atom stereocenters. The zero-order valence-corrected chi connectivity index (χ0v) is 10.9. The molecular formula is C14H23N3. The van der Waals surface area contributed by atoms with Crippen LogP contribution < -0.4 is 5.32 Å². The average Bonchev–Trinajstić information content (AvgIpc) is 2.79. The molecule has 3 heteroatoms. The van der Waals surface area contributed by atoms with Gasteiger partial charge in [-0.3, -0.25) is 4.98 Å². The first-order valence-electron chi connectivity index (χ1n) is 6.61. The van der Waals surface area contributed by atoms with E-state index in [0.29, 0.717) is 6.04 Å². The van der Waals surface area contributed by atoms with Gasteiger partial charge in [-0.25, -0.2) is 0 Å². The van der Waals surface area contributed by atoms with Crippen molar-refractivity contribution in [2.75, 3.05) is 19.6 Å². The Morgan fingerprint density at radius 1 is 1.41 bits per heavy atom. The molecule has 1 aromatic heterocycles. The number of aryl methyl sites for hydroxylation is 1. The van der Waals surface area contributed by atoms with Crippen LogP contribution in [0.2, 0.25) is 0 Å². The number of hydrogen-bond acceptors (Lipinski definition) is 3. The highest BCUT2D eigenvalue weighted by molar-refractivity contribution is 5.15. The molecule has 94 valence electrons. The second kappa shape index (κ2) is 6.12. The first kappa shape index (κ1) is 12.5. The predicted molar refractivity (Wildman–Crippen MR) is 70.9 cm³/mol. The molecule has 0 spiro atoms. The second-order valence-corrected chi connectivity index (χ2v) is 5.10. The SMILES string of the molecule is Cc1cc(CNC(C)CN2CCCC2)ccn1. The minimum atomic E-state index is 0.557. The monoisotopic (exact) mass is 233 g/mol. The average molecular weight is 233 g/mol. The van der Waals surface area contributed by atoms with Crippen LogP contribution in [0.1, 0.15) is 31.0 Å². The minimum Gasteiger partial charge on any atom is -0.309 e. The molecule has 0 aromatic carbocycles. The van der Waals surface area contributed by atoms with Crippen LogP contribution in [-0.2, 0) is 6.54 Å². The maximum Gasteiger partial charge on any atom is 0.0375 e. The van der Waals surface area contributed by atoms with Crippen molar-refractivity contribution in [3.8, 4) is 0 Å². The van der Waals surface area contributed by atoms with Crippen LogP contribution in [-0.4, -0.2) is 35.6 Å². The van der Waals surface area contributed by atoms with E-state index in [-0.39, 0.29) is 0 Å².